The second kappa shape index (κ2) is 9.02. The summed E-state index contributed by atoms with van der Waals surface area (Å²) in [4.78, 5) is 26.2. The van der Waals surface area contributed by atoms with Crippen molar-refractivity contribution in [2.45, 2.75) is 39.5 Å². The number of rotatable bonds is 7. The van der Waals surface area contributed by atoms with Crippen molar-refractivity contribution in [2.24, 2.45) is 11.1 Å². The van der Waals surface area contributed by atoms with E-state index in [4.69, 9.17) is 15.2 Å². The van der Waals surface area contributed by atoms with Gasteiger partial charge in [-0.05, 0) is 36.5 Å². The van der Waals surface area contributed by atoms with Gasteiger partial charge in [-0.25, -0.2) is 4.79 Å². The predicted octanol–water partition coefficient (Wildman–Crippen LogP) is 2.51. The van der Waals surface area contributed by atoms with Crippen molar-refractivity contribution in [3.05, 3.63) is 52.4 Å². The minimum atomic E-state index is -0.582. The number of phenolic OH excluding ortho intramolecular Hbond substituents is 1. The van der Waals surface area contributed by atoms with Crippen LogP contribution < -0.4 is 11.1 Å². The number of allylic oxidation sites excluding steroid dienone is 2. The number of ketones is 1. The lowest BCUT2D eigenvalue weighted by Crippen LogP contribution is -2.40. The molecule has 3 rings (SSSR count). The second-order valence-electron chi connectivity index (χ2n) is 8.44. The molecular weight excluding hydrogens is 384 g/mol. The number of ether oxygens (including phenoxy) is 2. The number of carbonyl (C=O) groups is 2. The molecule has 7 nitrogen and oxygen atoms in total. The van der Waals surface area contributed by atoms with Gasteiger partial charge in [-0.2, -0.15) is 0 Å². The predicted molar refractivity (Wildman–Crippen MR) is 113 cm³/mol. The molecule has 1 heterocycles. The summed E-state index contributed by atoms with van der Waals surface area (Å²) < 4.78 is 11.0. The Morgan fingerprint density at radius 1 is 1.27 bits per heavy atom. The molecule has 1 aliphatic carbocycles. The zero-order chi connectivity index (χ0) is 21.9. The van der Waals surface area contributed by atoms with Gasteiger partial charge in [0.15, 0.2) is 5.78 Å². The van der Waals surface area contributed by atoms with Gasteiger partial charge in [-0.1, -0.05) is 26.0 Å². The average molecular weight is 415 g/mol. The zero-order valence-corrected chi connectivity index (χ0v) is 17.8. The highest BCUT2D eigenvalue weighted by Crippen LogP contribution is 2.47. The van der Waals surface area contributed by atoms with Crippen molar-refractivity contribution in [1.29, 1.82) is 0 Å². The highest BCUT2D eigenvalue weighted by atomic mass is 16.5. The van der Waals surface area contributed by atoms with Crippen molar-refractivity contribution in [2.75, 3.05) is 26.4 Å². The molecule has 1 aliphatic heterocycles. The summed E-state index contributed by atoms with van der Waals surface area (Å²) >= 11 is 0. The fourth-order valence-corrected chi connectivity index (χ4v) is 4.17. The Morgan fingerprint density at radius 3 is 2.60 bits per heavy atom. The summed E-state index contributed by atoms with van der Waals surface area (Å²) in [5.41, 5.74) is 8.46. The molecule has 1 unspecified atom stereocenters. The minimum absolute atomic E-state index is 0.00977. The number of nitrogens with one attached hydrogen (secondary N) is 1. The van der Waals surface area contributed by atoms with E-state index in [0.717, 1.165) is 11.3 Å². The van der Waals surface area contributed by atoms with Crippen LogP contribution in [0.3, 0.4) is 0 Å². The summed E-state index contributed by atoms with van der Waals surface area (Å²) in [6.45, 7) is 6.94. The molecule has 1 atom stereocenters. The van der Waals surface area contributed by atoms with E-state index < -0.39 is 11.9 Å². The lowest BCUT2D eigenvalue weighted by molar-refractivity contribution is -0.139. The number of Topliss-reactive ketones (excluding diaryl/α,β-unsaturated/α-hetero) is 1. The molecule has 7 heteroatoms. The number of esters is 1. The Balaban J connectivity index is 2.16. The summed E-state index contributed by atoms with van der Waals surface area (Å²) in [6.07, 6.45) is 1.08. The van der Waals surface area contributed by atoms with Crippen LogP contribution in [-0.4, -0.2) is 43.2 Å². The second-order valence-corrected chi connectivity index (χ2v) is 8.44. The molecule has 0 saturated heterocycles. The average Bonchev–Trinajstić information content (AvgIpc) is 2.67. The van der Waals surface area contributed by atoms with Crippen molar-refractivity contribution in [1.82, 2.24) is 5.32 Å². The third-order valence-corrected chi connectivity index (χ3v) is 5.35. The van der Waals surface area contributed by atoms with Crippen molar-refractivity contribution in [3.63, 3.8) is 0 Å². The van der Waals surface area contributed by atoms with Crippen LogP contribution in [0.1, 0.15) is 45.1 Å². The molecule has 30 heavy (non-hydrogen) atoms. The van der Waals surface area contributed by atoms with Gasteiger partial charge in [0.05, 0.1) is 31.1 Å². The molecule has 0 radical (unpaired) electrons. The van der Waals surface area contributed by atoms with Gasteiger partial charge in [-0.3, -0.25) is 4.79 Å². The molecule has 0 amide bonds. The van der Waals surface area contributed by atoms with E-state index in [9.17, 15) is 14.7 Å². The minimum Gasteiger partial charge on any atom is -0.508 e. The third kappa shape index (κ3) is 4.57. The molecule has 2 aliphatic rings. The quantitative estimate of drug-likeness (QED) is 0.464. The number of nitrogens with two attached hydrogens (primary N) is 1. The first kappa shape index (κ1) is 22.1. The van der Waals surface area contributed by atoms with Gasteiger partial charge < -0.3 is 25.6 Å². The van der Waals surface area contributed by atoms with Crippen LogP contribution in [0.4, 0.5) is 0 Å². The standard InChI is InChI=1S/C23H30N2O5/c1-4-30-22(28)21-17(13-29-10-9-24)25-16-11-23(2,3)12-18(27)20(16)19(21)14-5-7-15(26)8-6-14/h5-8,19,25-26H,4,9-13,24H2,1-3H3. The van der Waals surface area contributed by atoms with Crippen LogP contribution in [0, 0.1) is 5.41 Å². The number of hydrogen-bond donors (Lipinski definition) is 3. The Bertz CT molecular complexity index is 883. The number of carbonyl (C=O) groups excluding carboxylic acids is 2. The zero-order valence-electron chi connectivity index (χ0n) is 17.8. The molecule has 0 spiro atoms. The van der Waals surface area contributed by atoms with Crippen molar-refractivity contribution < 1.29 is 24.2 Å². The van der Waals surface area contributed by atoms with Crippen LogP contribution in [0.5, 0.6) is 5.75 Å². The first-order valence-corrected chi connectivity index (χ1v) is 10.3. The van der Waals surface area contributed by atoms with E-state index in [1.165, 1.54) is 0 Å². The van der Waals surface area contributed by atoms with Crippen LogP contribution in [0.2, 0.25) is 0 Å². The Hall–Kier alpha value is -2.64. The molecule has 0 aromatic heterocycles. The maximum Gasteiger partial charge on any atom is 0.336 e. The first-order chi connectivity index (χ1) is 14.3. The van der Waals surface area contributed by atoms with E-state index in [1.54, 1.807) is 31.2 Å². The maximum atomic E-state index is 13.2. The molecule has 4 N–H and O–H groups in total. The molecule has 1 aromatic carbocycles. The topological polar surface area (TPSA) is 111 Å². The number of phenols is 1. The molecule has 0 bridgehead atoms. The molecule has 162 valence electrons. The van der Waals surface area contributed by atoms with Crippen molar-refractivity contribution in [3.8, 4) is 5.75 Å². The van der Waals surface area contributed by atoms with Crippen LogP contribution >= 0.6 is 0 Å². The van der Waals surface area contributed by atoms with Crippen LogP contribution in [0.15, 0.2) is 46.8 Å². The van der Waals surface area contributed by atoms with Gasteiger partial charge in [-0.15, -0.1) is 0 Å². The van der Waals surface area contributed by atoms with E-state index in [2.05, 4.69) is 19.2 Å². The fraction of sp³-hybridized carbons (Fsp3) is 0.478. The van der Waals surface area contributed by atoms with E-state index in [1.807, 2.05) is 0 Å². The van der Waals surface area contributed by atoms with E-state index in [-0.39, 0.29) is 30.2 Å². The number of benzene rings is 1. The SMILES string of the molecule is CCOC(=O)C1=C(COCCN)NC2=C(C(=O)CC(C)(C)C2)C1c1ccc(O)cc1. The molecule has 1 aromatic rings. The molecule has 0 fully saturated rings. The number of aromatic hydroxyl groups is 1. The van der Waals surface area contributed by atoms with Crippen LogP contribution in [0.25, 0.3) is 0 Å². The summed E-state index contributed by atoms with van der Waals surface area (Å²) in [6, 6.07) is 6.59. The highest BCUT2D eigenvalue weighted by molar-refractivity contribution is 6.04. The van der Waals surface area contributed by atoms with E-state index in [0.29, 0.717) is 42.8 Å². The summed E-state index contributed by atoms with van der Waals surface area (Å²) in [5, 5.41) is 13.1. The smallest absolute Gasteiger partial charge is 0.336 e. The summed E-state index contributed by atoms with van der Waals surface area (Å²) in [7, 11) is 0. The largest absolute Gasteiger partial charge is 0.508 e. The number of hydrogen-bond acceptors (Lipinski definition) is 7. The normalized spacial score (nSPS) is 20.7. The van der Waals surface area contributed by atoms with Gasteiger partial charge >= 0.3 is 5.97 Å². The molecule has 0 saturated carbocycles. The lowest BCUT2D eigenvalue weighted by atomic mass is 9.68. The third-order valence-electron chi connectivity index (χ3n) is 5.35. The van der Waals surface area contributed by atoms with Gasteiger partial charge in [0, 0.05) is 30.2 Å². The highest BCUT2D eigenvalue weighted by Gasteiger charge is 2.43. The number of dihydropyridines is 1. The van der Waals surface area contributed by atoms with Gasteiger partial charge in [0.1, 0.15) is 5.75 Å². The van der Waals surface area contributed by atoms with Gasteiger partial charge in [0.25, 0.3) is 0 Å². The maximum absolute atomic E-state index is 13.2. The van der Waals surface area contributed by atoms with Gasteiger partial charge in [0.2, 0.25) is 0 Å². The Labute approximate surface area is 176 Å². The van der Waals surface area contributed by atoms with Crippen molar-refractivity contribution >= 4 is 11.8 Å². The fourth-order valence-electron chi connectivity index (χ4n) is 4.17. The monoisotopic (exact) mass is 414 g/mol. The Kier molecular flexibility index (Phi) is 6.63. The summed E-state index contributed by atoms with van der Waals surface area (Å²) in [5.74, 6) is -0.943. The molecular formula is C23H30N2O5. The van der Waals surface area contributed by atoms with Crippen LogP contribution in [-0.2, 0) is 19.1 Å². The Morgan fingerprint density at radius 2 is 1.97 bits per heavy atom. The first-order valence-electron chi connectivity index (χ1n) is 10.3. The lowest BCUT2D eigenvalue weighted by Gasteiger charge is -2.40. The van der Waals surface area contributed by atoms with E-state index >= 15 is 0 Å².